The first-order valence-corrected chi connectivity index (χ1v) is 10.3. The SMILES string of the molecule is CC[C@H](Sc1nc(C)cc(=O)[nH]1)C(=O)Nc1sc2c(c1C#N)CCCC2. The Kier molecular flexibility index (Phi) is 5.79. The van der Waals surface area contributed by atoms with Crippen LogP contribution >= 0.6 is 23.1 Å². The van der Waals surface area contributed by atoms with Gasteiger partial charge in [-0.15, -0.1) is 11.3 Å². The third-order valence-electron chi connectivity index (χ3n) is 4.28. The molecule has 136 valence electrons. The Hall–Kier alpha value is -2.11. The maximum absolute atomic E-state index is 12.7. The third kappa shape index (κ3) is 4.00. The lowest BCUT2D eigenvalue weighted by molar-refractivity contribution is -0.115. The number of aromatic amines is 1. The van der Waals surface area contributed by atoms with E-state index in [1.807, 2.05) is 6.92 Å². The van der Waals surface area contributed by atoms with Crippen molar-refractivity contribution in [2.75, 3.05) is 5.32 Å². The van der Waals surface area contributed by atoms with E-state index in [9.17, 15) is 14.9 Å². The highest BCUT2D eigenvalue weighted by atomic mass is 32.2. The summed E-state index contributed by atoms with van der Waals surface area (Å²) in [5, 5.41) is 13.1. The summed E-state index contributed by atoms with van der Waals surface area (Å²) in [6.45, 7) is 3.66. The number of aromatic nitrogens is 2. The summed E-state index contributed by atoms with van der Waals surface area (Å²) in [6.07, 6.45) is 4.69. The summed E-state index contributed by atoms with van der Waals surface area (Å²) in [4.78, 5) is 32.5. The second-order valence-electron chi connectivity index (χ2n) is 6.22. The van der Waals surface area contributed by atoms with E-state index in [1.165, 1.54) is 34.0 Å². The molecule has 6 nitrogen and oxygen atoms in total. The molecule has 1 aliphatic rings. The highest BCUT2D eigenvalue weighted by molar-refractivity contribution is 8.00. The summed E-state index contributed by atoms with van der Waals surface area (Å²) in [5.41, 5.74) is 2.10. The van der Waals surface area contributed by atoms with Crippen LogP contribution in [0.3, 0.4) is 0 Å². The van der Waals surface area contributed by atoms with Crippen molar-refractivity contribution >= 4 is 34.0 Å². The summed E-state index contributed by atoms with van der Waals surface area (Å²) in [5.74, 6) is -0.170. The van der Waals surface area contributed by atoms with Crippen LogP contribution in [0.1, 0.15) is 47.9 Å². The van der Waals surface area contributed by atoms with E-state index < -0.39 is 5.25 Å². The zero-order valence-corrected chi connectivity index (χ0v) is 16.4. The highest BCUT2D eigenvalue weighted by Gasteiger charge is 2.25. The molecule has 0 spiro atoms. The molecular formula is C18H20N4O2S2. The Morgan fingerprint density at radius 2 is 2.27 bits per heavy atom. The van der Waals surface area contributed by atoms with Gasteiger partial charge in [0.15, 0.2) is 5.16 Å². The van der Waals surface area contributed by atoms with Gasteiger partial charge in [0.1, 0.15) is 11.1 Å². The van der Waals surface area contributed by atoms with Gasteiger partial charge in [0.05, 0.1) is 10.8 Å². The van der Waals surface area contributed by atoms with Crippen LogP contribution in [0.15, 0.2) is 16.0 Å². The standard InChI is InChI=1S/C18H20N4O2S2/c1-3-13(26-18-20-10(2)8-15(23)21-18)16(24)22-17-12(9-19)11-6-4-5-7-14(11)25-17/h8,13H,3-7H2,1-2H3,(H,22,24)(H,20,21,23)/t13-/m0/s1. The van der Waals surface area contributed by atoms with Crippen LogP contribution in [0.4, 0.5) is 5.00 Å². The van der Waals surface area contributed by atoms with Gasteiger partial charge in [-0.1, -0.05) is 18.7 Å². The Morgan fingerprint density at radius 1 is 1.50 bits per heavy atom. The normalized spacial score (nSPS) is 14.3. The molecule has 2 heterocycles. The van der Waals surface area contributed by atoms with Crippen molar-refractivity contribution in [1.29, 1.82) is 5.26 Å². The van der Waals surface area contributed by atoms with E-state index in [1.54, 1.807) is 6.92 Å². The Morgan fingerprint density at radius 3 is 2.96 bits per heavy atom. The van der Waals surface area contributed by atoms with Gasteiger partial charge in [0, 0.05) is 16.6 Å². The lowest BCUT2D eigenvalue weighted by Gasteiger charge is -2.13. The van der Waals surface area contributed by atoms with Gasteiger partial charge in [0.25, 0.3) is 5.56 Å². The number of thiophene rings is 1. The number of anilines is 1. The van der Waals surface area contributed by atoms with Gasteiger partial charge in [-0.05, 0) is 44.6 Å². The molecular weight excluding hydrogens is 368 g/mol. The Bertz CT molecular complexity index is 926. The topological polar surface area (TPSA) is 98.6 Å². The molecule has 1 amide bonds. The number of nitrogens with one attached hydrogen (secondary N) is 2. The number of amides is 1. The van der Waals surface area contributed by atoms with E-state index in [4.69, 9.17) is 0 Å². The first-order valence-electron chi connectivity index (χ1n) is 8.62. The number of carbonyl (C=O) groups excluding carboxylic acids is 1. The van der Waals surface area contributed by atoms with E-state index in [-0.39, 0.29) is 11.5 Å². The first kappa shape index (κ1) is 18.7. The zero-order valence-electron chi connectivity index (χ0n) is 14.7. The van der Waals surface area contributed by atoms with E-state index in [2.05, 4.69) is 21.4 Å². The third-order valence-corrected chi connectivity index (χ3v) is 6.74. The minimum absolute atomic E-state index is 0.170. The Labute approximate surface area is 160 Å². The summed E-state index contributed by atoms with van der Waals surface area (Å²) < 4.78 is 0. The summed E-state index contributed by atoms with van der Waals surface area (Å²) in [6, 6.07) is 3.68. The van der Waals surface area contributed by atoms with E-state index >= 15 is 0 Å². The lowest BCUT2D eigenvalue weighted by Crippen LogP contribution is -2.25. The van der Waals surface area contributed by atoms with E-state index in [0.717, 1.165) is 31.2 Å². The number of hydrogen-bond acceptors (Lipinski definition) is 6. The van der Waals surface area contributed by atoms with Gasteiger partial charge in [-0.2, -0.15) is 5.26 Å². The highest BCUT2D eigenvalue weighted by Crippen LogP contribution is 2.38. The predicted molar refractivity (Wildman–Crippen MR) is 104 cm³/mol. The van der Waals surface area contributed by atoms with Crippen LogP contribution in [0, 0.1) is 18.3 Å². The molecule has 2 N–H and O–H groups in total. The minimum atomic E-state index is -0.398. The summed E-state index contributed by atoms with van der Waals surface area (Å²) >= 11 is 2.75. The average Bonchev–Trinajstić information content (AvgIpc) is 2.95. The van der Waals surface area contributed by atoms with Gasteiger partial charge in [-0.25, -0.2) is 4.98 Å². The molecule has 1 aliphatic carbocycles. The number of thioether (sulfide) groups is 1. The van der Waals surface area contributed by atoms with Crippen LogP contribution in [-0.4, -0.2) is 21.1 Å². The smallest absolute Gasteiger partial charge is 0.251 e. The molecule has 3 rings (SSSR count). The monoisotopic (exact) mass is 388 g/mol. The van der Waals surface area contributed by atoms with E-state index in [0.29, 0.717) is 27.8 Å². The van der Waals surface area contributed by atoms with Gasteiger partial charge in [-0.3, -0.25) is 9.59 Å². The number of hydrogen-bond donors (Lipinski definition) is 2. The van der Waals surface area contributed by atoms with Crippen LogP contribution in [0.25, 0.3) is 0 Å². The number of nitrogens with zero attached hydrogens (tertiary/aromatic N) is 2. The fourth-order valence-electron chi connectivity index (χ4n) is 3.03. The predicted octanol–water partition coefficient (Wildman–Crippen LogP) is 3.40. The van der Waals surface area contributed by atoms with Crippen molar-refractivity contribution in [2.45, 2.75) is 56.4 Å². The maximum Gasteiger partial charge on any atom is 0.251 e. The number of rotatable bonds is 5. The molecule has 0 bridgehead atoms. The second-order valence-corrected chi connectivity index (χ2v) is 8.52. The molecule has 26 heavy (non-hydrogen) atoms. The van der Waals surface area contributed by atoms with Crippen LogP contribution in [0.5, 0.6) is 0 Å². The molecule has 0 saturated heterocycles. The molecule has 2 aromatic rings. The lowest BCUT2D eigenvalue weighted by atomic mass is 9.96. The second kappa shape index (κ2) is 8.06. The van der Waals surface area contributed by atoms with Crippen molar-refractivity contribution < 1.29 is 4.79 Å². The van der Waals surface area contributed by atoms with Gasteiger partial charge < -0.3 is 10.3 Å². The quantitative estimate of drug-likeness (QED) is 0.604. The van der Waals surface area contributed by atoms with Crippen molar-refractivity contribution in [2.24, 2.45) is 0 Å². The largest absolute Gasteiger partial charge is 0.316 e. The molecule has 0 aliphatic heterocycles. The van der Waals surface area contributed by atoms with Crippen molar-refractivity contribution in [1.82, 2.24) is 9.97 Å². The van der Waals surface area contributed by atoms with Crippen molar-refractivity contribution in [3.8, 4) is 6.07 Å². The van der Waals surface area contributed by atoms with Gasteiger partial charge >= 0.3 is 0 Å². The Balaban J connectivity index is 1.79. The number of fused-ring (bicyclic) bond motifs is 1. The number of H-pyrrole nitrogens is 1. The molecule has 0 saturated carbocycles. The maximum atomic E-state index is 12.7. The van der Waals surface area contributed by atoms with Crippen LogP contribution < -0.4 is 10.9 Å². The fourth-order valence-corrected chi connectivity index (χ4v) is 5.23. The number of carbonyl (C=O) groups is 1. The van der Waals surface area contributed by atoms with Crippen molar-refractivity contribution in [3.05, 3.63) is 38.1 Å². The zero-order chi connectivity index (χ0) is 18.7. The van der Waals surface area contributed by atoms with Crippen molar-refractivity contribution in [3.63, 3.8) is 0 Å². The number of aryl methyl sites for hydroxylation is 2. The molecule has 2 aromatic heterocycles. The number of nitriles is 1. The van der Waals surface area contributed by atoms with Gasteiger partial charge in [0.2, 0.25) is 5.91 Å². The molecule has 0 unspecified atom stereocenters. The van der Waals surface area contributed by atoms with Crippen LogP contribution in [-0.2, 0) is 17.6 Å². The molecule has 0 radical (unpaired) electrons. The molecule has 0 aromatic carbocycles. The average molecular weight is 389 g/mol. The molecule has 1 atom stereocenters. The van der Waals surface area contributed by atoms with Crippen LogP contribution in [0.2, 0.25) is 0 Å². The molecule has 8 heteroatoms. The fraction of sp³-hybridized carbons (Fsp3) is 0.444. The minimum Gasteiger partial charge on any atom is -0.316 e. The molecule has 0 fully saturated rings. The first-order chi connectivity index (χ1) is 12.5. The summed E-state index contributed by atoms with van der Waals surface area (Å²) in [7, 11) is 0.